The number of ether oxygens (including phenoxy) is 1. The van der Waals surface area contributed by atoms with Crippen LogP contribution in [0.3, 0.4) is 0 Å². The Hall–Kier alpha value is -1.52. The Balaban J connectivity index is 2.12. The molecule has 22 heavy (non-hydrogen) atoms. The Labute approximate surface area is 137 Å². The van der Waals surface area contributed by atoms with E-state index in [-0.39, 0.29) is 27.5 Å². The van der Waals surface area contributed by atoms with E-state index in [4.69, 9.17) is 33.0 Å². The molecule has 0 saturated heterocycles. The quantitative estimate of drug-likeness (QED) is 0.894. The Morgan fingerprint density at radius 2 is 2.14 bits per heavy atom. The maximum Gasteiger partial charge on any atom is 0.341 e. The lowest BCUT2D eigenvalue weighted by Crippen LogP contribution is -2.11. The first-order chi connectivity index (χ1) is 10.4. The van der Waals surface area contributed by atoms with Crippen LogP contribution in [-0.2, 0) is 4.79 Å². The number of carbonyl (C=O) groups is 2. The lowest BCUT2D eigenvalue weighted by molar-refractivity contribution is -0.139. The van der Waals surface area contributed by atoms with Crippen molar-refractivity contribution in [2.45, 2.75) is 26.2 Å². The molecule has 1 N–H and O–H groups in total. The SMILES string of the molecule is CC1CCCC2=C1C(=O)c1c2cc(OCC(=O)O)c(Cl)c1Cl. The fourth-order valence-corrected chi connectivity index (χ4v) is 3.73. The second kappa shape index (κ2) is 5.60. The van der Waals surface area contributed by atoms with Crippen LogP contribution in [0.25, 0.3) is 5.57 Å². The summed E-state index contributed by atoms with van der Waals surface area (Å²) in [6.45, 7) is 1.53. The first kappa shape index (κ1) is 15.4. The third-order valence-electron chi connectivity index (χ3n) is 4.20. The van der Waals surface area contributed by atoms with Crippen LogP contribution >= 0.6 is 23.2 Å². The molecule has 0 radical (unpaired) electrons. The number of ketones is 1. The Kier molecular flexibility index (Phi) is 3.91. The van der Waals surface area contributed by atoms with E-state index < -0.39 is 12.6 Å². The van der Waals surface area contributed by atoms with Gasteiger partial charge in [0.2, 0.25) is 0 Å². The number of carboxylic acids is 1. The third-order valence-corrected chi connectivity index (χ3v) is 5.05. The second-order valence-electron chi connectivity index (χ2n) is 5.62. The first-order valence-corrected chi connectivity index (χ1v) is 7.82. The maximum absolute atomic E-state index is 12.7. The fraction of sp³-hybridized carbons (Fsp3) is 0.375. The largest absolute Gasteiger partial charge is 0.480 e. The van der Waals surface area contributed by atoms with Crippen LogP contribution in [0.2, 0.25) is 10.0 Å². The number of allylic oxidation sites excluding steroid dienone is 2. The standard InChI is InChI=1S/C16H14Cl2O4/c1-7-3-2-4-8-9-5-10(22-6-11(19)20)14(17)15(18)13(9)16(21)12(7)8/h5,7H,2-4,6H2,1H3,(H,19,20). The average Bonchev–Trinajstić information content (AvgIpc) is 2.75. The summed E-state index contributed by atoms with van der Waals surface area (Å²) in [4.78, 5) is 23.3. The van der Waals surface area contributed by atoms with Crippen molar-refractivity contribution < 1.29 is 19.4 Å². The second-order valence-corrected chi connectivity index (χ2v) is 6.38. The van der Waals surface area contributed by atoms with Gasteiger partial charge >= 0.3 is 5.97 Å². The van der Waals surface area contributed by atoms with Gasteiger partial charge in [0.05, 0.1) is 10.6 Å². The number of carbonyl (C=O) groups excluding carboxylic acids is 1. The molecule has 1 aromatic carbocycles. The molecule has 1 atom stereocenters. The molecule has 0 aliphatic heterocycles. The molecule has 116 valence electrons. The molecule has 0 aromatic heterocycles. The number of fused-ring (bicyclic) bond motifs is 2. The highest BCUT2D eigenvalue weighted by Crippen LogP contribution is 2.49. The molecule has 0 amide bonds. The average molecular weight is 341 g/mol. The highest BCUT2D eigenvalue weighted by molar-refractivity contribution is 6.46. The van der Waals surface area contributed by atoms with Gasteiger partial charge in [-0.1, -0.05) is 30.1 Å². The molecule has 3 rings (SSSR count). The van der Waals surface area contributed by atoms with Crippen molar-refractivity contribution in [1.82, 2.24) is 0 Å². The Morgan fingerprint density at radius 1 is 1.41 bits per heavy atom. The van der Waals surface area contributed by atoms with Crippen LogP contribution in [0.5, 0.6) is 5.75 Å². The highest BCUT2D eigenvalue weighted by atomic mass is 35.5. The zero-order valence-electron chi connectivity index (χ0n) is 11.9. The number of Topliss-reactive ketones (excluding diaryl/α,β-unsaturated/α-hetero) is 1. The molecule has 0 fully saturated rings. The van der Waals surface area contributed by atoms with Gasteiger partial charge in [-0.15, -0.1) is 0 Å². The van der Waals surface area contributed by atoms with Gasteiger partial charge in [0.1, 0.15) is 10.8 Å². The van der Waals surface area contributed by atoms with Crippen molar-refractivity contribution in [3.05, 3.63) is 32.8 Å². The van der Waals surface area contributed by atoms with E-state index in [1.165, 1.54) is 0 Å². The van der Waals surface area contributed by atoms with E-state index >= 15 is 0 Å². The van der Waals surface area contributed by atoms with Gasteiger partial charge in [-0.2, -0.15) is 0 Å². The lowest BCUT2D eigenvalue weighted by atomic mass is 9.84. The summed E-state index contributed by atoms with van der Waals surface area (Å²) in [5, 5.41) is 8.96. The molecule has 0 heterocycles. The van der Waals surface area contributed by atoms with Crippen molar-refractivity contribution in [2.75, 3.05) is 6.61 Å². The minimum Gasteiger partial charge on any atom is -0.480 e. The number of rotatable bonds is 3. The molecule has 2 aliphatic carbocycles. The molecule has 1 aromatic rings. The van der Waals surface area contributed by atoms with E-state index in [9.17, 15) is 9.59 Å². The summed E-state index contributed by atoms with van der Waals surface area (Å²) in [6.07, 6.45) is 2.80. The molecule has 1 unspecified atom stereocenters. The number of benzene rings is 1. The van der Waals surface area contributed by atoms with E-state index in [0.29, 0.717) is 5.56 Å². The molecule has 2 aliphatic rings. The van der Waals surface area contributed by atoms with Crippen molar-refractivity contribution in [2.24, 2.45) is 5.92 Å². The molecule has 4 nitrogen and oxygen atoms in total. The summed E-state index contributed by atoms with van der Waals surface area (Å²) < 4.78 is 5.20. The third kappa shape index (κ3) is 2.31. The van der Waals surface area contributed by atoms with Crippen molar-refractivity contribution >= 4 is 40.5 Å². The zero-order valence-corrected chi connectivity index (χ0v) is 13.4. The van der Waals surface area contributed by atoms with E-state index in [1.54, 1.807) is 6.07 Å². The molecule has 0 bridgehead atoms. The predicted octanol–water partition coefficient (Wildman–Crippen LogP) is 4.23. The summed E-state index contributed by atoms with van der Waals surface area (Å²) >= 11 is 12.4. The van der Waals surface area contributed by atoms with Crippen LogP contribution < -0.4 is 4.74 Å². The predicted molar refractivity (Wildman–Crippen MR) is 83.9 cm³/mol. The number of aliphatic carboxylic acids is 1. The van der Waals surface area contributed by atoms with E-state index in [0.717, 1.165) is 36.0 Å². The van der Waals surface area contributed by atoms with Gasteiger partial charge in [-0.3, -0.25) is 4.79 Å². The number of hydrogen-bond donors (Lipinski definition) is 1. The molecular weight excluding hydrogens is 327 g/mol. The van der Waals surface area contributed by atoms with Gasteiger partial charge in [0.15, 0.2) is 12.4 Å². The number of carboxylic acid groups (broad SMARTS) is 1. The van der Waals surface area contributed by atoms with Gasteiger partial charge < -0.3 is 9.84 Å². The van der Waals surface area contributed by atoms with Crippen LogP contribution in [0, 0.1) is 5.92 Å². The molecular formula is C16H14Cl2O4. The van der Waals surface area contributed by atoms with Crippen molar-refractivity contribution in [3.63, 3.8) is 0 Å². The monoisotopic (exact) mass is 340 g/mol. The number of hydrogen-bond acceptors (Lipinski definition) is 3. The fourth-order valence-electron chi connectivity index (χ4n) is 3.24. The van der Waals surface area contributed by atoms with Gasteiger partial charge in [0, 0.05) is 5.57 Å². The van der Waals surface area contributed by atoms with Crippen molar-refractivity contribution in [1.29, 1.82) is 0 Å². The molecule has 0 saturated carbocycles. The van der Waals surface area contributed by atoms with Crippen LogP contribution in [-0.4, -0.2) is 23.5 Å². The summed E-state index contributed by atoms with van der Waals surface area (Å²) in [5.74, 6) is -0.765. The Morgan fingerprint density at radius 3 is 2.82 bits per heavy atom. The summed E-state index contributed by atoms with van der Waals surface area (Å²) in [7, 11) is 0. The van der Waals surface area contributed by atoms with Crippen LogP contribution in [0.1, 0.15) is 42.1 Å². The summed E-state index contributed by atoms with van der Waals surface area (Å²) in [6, 6.07) is 1.64. The van der Waals surface area contributed by atoms with Crippen molar-refractivity contribution in [3.8, 4) is 5.75 Å². The van der Waals surface area contributed by atoms with E-state index in [2.05, 4.69) is 0 Å². The highest BCUT2D eigenvalue weighted by Gasteiger charge is 2.37. The zero-order chi connectivity index (χ0) is 16.0. The van der Waals surface area contributed by atoms with E-state index in [1.807, 2.05) is 6.92 Å². The lowest BCUT2D eigenvalue weighted by Gasteiger charge is -2.20. The normalized spacial score (nSPS) is 20.0. The van der Waals surface area contributed by atoms with Gasteiger partial charge in [0.25, 0.3) is 0 Å². The Bertz CT molecular complexity index is 721. The first-order valence-electron chi connectivity index (χ1n) is 7.06. The van der Waals surface area contributed by atoms with Crippen LogP contribution in [0.4, 0.5) is 0 Å². The minimum absolute atomic E-state index is 0.0612. The minimum atomic E-state index is -1.10. The topological polar surface area (TPSA) is 63.6 Å². The smallest absolute Gasteiger partial charge is 0.341 e. The van der Waals surface area contributed by atoms with Gasteiger partial charge in [-0.25, -0.2) is 4.79 Å². The van der Waals surface area contributed by atoms with Gasteiger partial charge in [-0.05, 0) is 42.4 Å². The maximum atomic E-state index is 12.7. The molecule has 6 heteroatoms. The summed E-state index contributed by atoms with van der Waals surface area (Å²) in [5.41, 5.74) is 2.97. The van der Waals surface area contributed by atoms with Crippen LogP contribution in [0.15, 0.2) is 11.6 Å². The number of halogens is 2. The molecule has 0 spiro atoms.